The summed E-state index contributed by atoms with van der Waals surface area (Å²) in [6, 6.07) is 0.232. The van der Waals surface area contributed by atoms with Crippen LogP contribution in [0.15, 0.2) is 0 Å². The summed E-state index contributed by atoms with van der Waals surface area (Å²) in [6.07, 6.45) is 3.89. The zero-order chi connectivity index (χ0) is 14.4. The van der Waals surface area contributed by atoms with Crippen LogP contribution in [0.25, 0.3) is 0 Å². The molecule has 6 nitrogen and oxygen atoms in total. The highest BCUT2D eigenvalue weighted by atomic mass is 16.5. The summed E-state index contributed by atoms with van der Waals surface area (Å²) in [4.78, 5) is 24.8. The highest BCUT2D eigenvalue weighted by molar-refractivity contribution is 5.78. The Labute approximate surface area is 119 Å². The van der Waals surface area contributed by atoms with Crippen LogP contribution < -0.4 is 5.32 Å². The molecular weight excluding hydrogens is 260 g/mol. The van der Waals surface area contributed by atoms with E-state index in [4.69, 9.17) is 9.84 Å². The van der Waals surface area contributed by atoms with Crippen molar-refractivity contribution in [1.82, 2.24) is 10.2 Å². The van der Waals surface area contributed by atoms with E-state index in [0.29, 0.717) is 13.1 Å². The van der Waals surface area contributed by atoms with Crippen LogP contribution in [0.4, 0.5) is 0 Å². The maximum Gasteiger partial charge on any atom is 0.303 e. The number of amides is 1. The summed E-state index contributed by atoms with van der Waals surface area (Å²) in [5.74, 6) is -0.520. The van der Waals surface area contributed by atoms with Crippen LogP contribution in [0.1, 0.15) is 32.1 Å². The second-order valence-corrected chi connectivity index (χ2v) is 5.80. The first-order valence-electron chi connectivity index (χ1n) is 7.44. The molecule has 0 aliphatic carbocycles. The van der Waals surface area contributed by atoms with E-state index in [9.17, 15) is 9.59 Å². The van der Waals surface area contributed by atoms with Crippen LogP contribution >= 0.6 is 0 Å². The van der Waals surface area contributed by atoms with E-state index in [-0.39, 0.29) is 24.3 Å². The second-order valence-electron chi connectivity index (χ2n) is 5.80. The molecule has 0 saturated carbocycles. The van der Waals surface area contributed by atoms with Crippen molar-refractivity contribution in [1.29, 1.82) is 0 Å². The van der Waals surface area contributed by atoms with Gasteiger partial charge in [0.2, 0.25) is 5.91 Å². The van der Waals surface area contributed by atoms with Gasteiger partial charge in [-0.25, -0.2) is 0 Å². The number of likely N-dealkylation sites (tertiary alicyclic amines) is 1. The Morgan fingerprint density at radius 3 is 2.70 bits per heavy atom. The van der Waals surface area contributed by atoms with E-state index in [1.807, 2.05) is 0 Å². The molecule has 2 N–H and O–H groups in total. The Morgan fingerprint density at radius 2 is 2.00 bits per heavy atom. The number of carbonyl (C=O) groups is 2. The fourth-order valence-corrected chi connectivity index (χ4v) is 3.03. The molecule has 2 heterocycles. The SMILES string of the molecule is O=C(O)CC1CCCN(CC(=O)NC2CCOCC2)C1. The Kier molecular flexibility index (Phi) is 5.79. The molecule has 1 amide bonds. The van der Waals surface area contributed by atoms with Crippen LogP contribution in [0, 0.1) is 5.92 Å². The monoisotopic (exact) mass is 284 g/mol. The molecule has 2 aliphatic heterocycles. The quantitative estimate of drug-likeness (QED) is 0.767. The van der Waals surface area contributed by atoms with E-state index in [0.717, 1.165) is 45.4 Å². The van der Waals surface area contributed by atoms with Gasteiger partial charge in [0.05, 0.1) is 6.54 Å². The molecule has 0 radical (unpaired) electrons. The Hall–Kier alpha value is -1.14. The van der Waals surface area contributed by atoms with Crippen molar-refractivity contribution in [3.63, 3.8) is 0 Å². The van der Waals surface area contributed by atoms with Crippen LogP contribution in [0.5, 0.6) is 0 Å². The average Bonchev–Trinajstić information content (AvgIpc) is 2.39. The number of hydrogen-bond donors (Lipinski definition) is 2. The number of carboxylic acids is 1. The van der Waals surface area contributed by atoms with Crippen LogP contribution in [0.3, 0.4) is 0 Å². The van der Waals surface area contributed by atoms with Gasteiger partial charge in [-0.3, -0.25) is 14.5 Å². The minimum absolute atomic E-state index is 0.0490. The van der Waals surface area contributed by atoms with Gasteiger partial charge in [-0.05, 0) is 38.1 Å². The van der Waals surface area contributed by atoms with Crippen molar-refractivity contribution < 1.29 is 19.4 Å². The molecule has 0 aromatic rings. The summed E-state index contributed by atoms with van der Waals surface area (Å²) >= 11 is 0. The number of nitrogens with zero attached hydrogens (tertiary/aromatic N) is 1. The highest BCUT2D eigenvalue weighted by Crippen LogP contribution is 2.19. The van der Waals surface area contributed by atoms with Crippen molar-refractivity contribution in [3.05, 3.63) is 0 Å². The molecule has 0 bridgehead atoms. The lowest BCUT2D eigenvalue weighted by molar-refractivity contribution is -0.138. The fraction of sp³-hybridized carbons (Fsp3) is 0.857. The number of rotatable bonds is 5. The van der Waals surface area contributed by atoms with Crippen molar-refractivity contribution in [2.24, 2.45) is 5.92 Å². The molecule has 0 aromatic carbocycles. The molecule has 2 saturated heterocycles. The molecule has 2 aliphatic rings. The number of hydrogen-bond acceptors (Lipinski definition) is 4. The molecule has 0 aromatic heterocycles. The van der Waals surface area contributed by atoms with E-state index in [2.05, 4.69) is 10.2 Å². The first kappa shape index (κ1) is 15.3. The first-order chi connectivity index (χ1) is 9.63. The number of carbonyl (C=O) groups excluding carboxylic acids is 1. The summed E-state index contributed by atoms with van der Waals surface area (Å²) in [7, 11) is 0. The Bertz CT molecular complexity index is 342. The van der Waals surface area contributed by atoms with Crippen LogP contribution in [0.2, 0.25) is 0 Å². The van der Waals surface area contributed by atoms with Gasteiger partial charge in [-0.2, -0.15) is 0 Å². The third kappa shape index (κ3) is 5.09. The third-order valence-electron chi connectivity index (χ3n) is 4.02. The highest BCUT2D eigenvalue weighted by Gasteiger charge is 2.24. The van der Waals surface area contributed by atoms with Gasteiger partial charge in [-0.15, -0.1) is 0 Å². The van der Waals surface area contributed by atoms with E-state index in [1.54, 1.807) is 0 Å². The summed E-state index contributed by atoms with van der Waals surface area (Å²) in [5.41, 5.74) is 0. The van der Waals surface area contributed by atoms with Crippen LogP contribution in [-0.4, -0.2) is 60.8 Å². The Balaban J connectivity index is 1.71. The molecule has 2 fully saturated rings. The van der Waals surface area contributed by atoms with Crippen molar-refractivity contribution in [3.8, 4) is 0 Å². The molecule has 114 valence electrons. The van der Waals surface area contributed by atoms with Gasteiger partial charge < -0.3 is 15.2 Å². The largest absolute Gasteiger partial charge is 0.481 e. The lowest BCUT2D eigenvalue weighted by atomic mass is 9.95. The van der Waals surface area contributed by atoms with Gasteiger partial charge in [-0.1, -0.05) is 0 Å². The number of nitrogens with one attached hydrogen (secondary N) is 1. The van der Waals surface area contributed by atoms with Gasteiger partial charge in [0.25, 0.3) is 0 Å². The minimum Gasteiger partial charge on any atom is -0.481 e. The van der Waals surface area contributed by atoms with Crippen molar-refractivity contribution in [2.45, 2.75) is 38.1 Å². The average molecular weight is 284 g/mol. The second kappa shape index (κ2) is 7.59. The number of piperidine rings is 1. The molecule has 20 heavy (non-hydrogen) atoms. The maximum absolute atomic E-state index is 12.0. The zero-order valence-corrected chi connectivity index (χ0v) is 11.8. The zero-order valence-electron chi connectivity index (χ0n) is 11.8. The fourth-order valence-electron chi connectivity index (χ4n) is 3.03. The lowest BCUT2D eigenvalue weighted by Gasteiger charge is -2.32. The van der Waals surface area contributed by atoms with Gasteiger partial charge in [0, 0.05) is 32.2 Å². The molecule has 1 unspecified atom stereocenters. The standard InChI is InChI=1S/C14H24N2O4/c17-13(15-12-3-6-20-7-4-12)10-16-5-1-2-11(9-16)8-14(18)19/h11-12H,1-10H2,(H,15,17)(H,18,19). The Morgan fingerprint density at radius 1 is 1.25 bits per heavy atom. The minimum atomic E-state index is -0.747. The van der Waals surface area contributed by atoms with Gasteiger partial charge in [0.15, 0.2) is 0 Å². The summed E-state index contributed by atoms with van der Waals surface area (Å²) < 4.78 is 5.26. The normalized spacial score (nSPS) is 25.3. The molecule has 2 rings (SSSR count). The summed E-state index contributed by atoms with van der Waals surface area (Å²) in [6.45, 7) is 3.42. The smallest absolute Gasteiger partial charge is 0.303 e. The van der Waals surface area contributed by atoms with E-state index < -0.39 is 5.97 Å². The van der Waals surface area contributed by atoms with Crippen molar-refractivity contribution in [2.75, 3.05) is 32.8 Å². The van der Waals surface area contributed by atoms with Crippen molar-refractivity contribution >= 4 is 11.9 Å². The maximum atomic E-state index is 12.0. The molecular formula is C14H24N2O4. The van der Waals surface area contributed by atoms with E-state index >= 15 is 0 Å². The molecule has 6 heteroatoms. The topological polar surface area (TPSA) is 78.9 Å². The third-order valence-corrected chi connectivity index (χ3v) is 4.02. The molecule has 0 spiro atoms. The first-order valence-corrected chi connectivity index (χ1v) is 7.44. The molecule has 1 atom stereocenters. The summed E-state index contributed by atoms with van der Waals surface area (Å²) in [5, 5.41) is 11.9. The van der Waals surface area contributed by atoms with Crippen LogP contribution in [-0.2, 0) is 14.3 Å². The predicted molar refractivity (Wildman–Crippen MR) is 73.4 cm³/mol. The van der Waals surface area contributed by atoms with E-state index in [1.165, 1.54) is 0 Å². The number of carboxylic acid groups (broad SMARTS) is 1. The predicted octanol–water partition coefficient (Wildman–Crippen LogP) is 0.468. The lowest BCUT2D eigenvalue weighted by Crippen LogP contribution is -2.46. The number of aliphatic carboxylic acids is 1. The number of ether oxygens (including phenoxy) is 1. The van der Waals surface area contributed by atoms with Gasteiger partial charge >= 0.3 is 5.97 Å². The van der Waals surface area contributed by atoms with Gasteiger partial charge in [0.1, 0.15) is 0 Å².